The van der Waals surface area contributed by atoms with Gasteiger partial charge in [-0.15, -0.1) is 16.9 Å². The number of fused-ring (bicyclic) bond motifs is 1. The first-order valence-electron chi connectivity index (χ1n) is 11.0. The van der Waals surface area contributed by atoms with Crippen molar-refractivity contribution in [3.05, 3.63) is 35.9 Å². The Kier molecular flexibility index (Phi) is 8.58. The van der Waals surface area contributed by atoms with Crippen molar-refractivity contribution in [2.75, 3.05) is 32.0 Å². The van der Waals surface area contributed by atoms with Crippen LogP contribution in [0.2, 0.25) is 0 Å². The highest BCUT2D eigenvalue weighted by Gasteiger charge is 2.32. The zero-order valence-corrected chi connectivity index (χ0v) is 21.2. The number of hydrogen-bond donors (Lipinski definition) is 7. The number of amidine groups is 1. The molecule has 14 heteroatoms. The number of imidazole rings is 1. The molecule has 0 spiro atoms. The highest BCUT2D eigenvalue weighted by atomic mass is 32.2. The molecule has 12 nitrogen and oxygen atoms in total. The molecule has 4 rings (SSSR count). The van der Waals surface area contributed by atoms with Crippen LogP contribution in [0, 0.1) is 0 Å². The molecule has 1 aliphatic rings. The van der Waals surface area contributed by atoms with Crippen LogP contribution in [0.15, 0.2) is 45.2 Å². The Morgan fingerprint density at radius 2 is 2.00 bits per heavy atom. The van der Waals surface area contributed by atoms with Gasteiger partial charge in [0.25, 0.3) is 0 Å². The van der Waals surface area contributed by atoms with Crippen molar-refractivity contribution in [3.63, 3.8) is 0 Å². The van der Waals surface area contributed by atoms with E-state index in [2.05, 4.69) is 25.5 Å². The van der Waals surface area contributed by atoms with E-state index in [0.29, 0.717) is 46.7 Å². The Hall–Kier alpha value is -2.88. The van der Waals surface area contributed by atoms with E-state index in [-0.39, 0.29) is 34.1 Å². The van der Waals surface area contributed by atoms with Crippen molar-refractivity contribution in [2.45, 2.75) is 28.9 Å². The summed E-state index contributed by atoms with van der Waals surface area (Å²) in [6, 6.07) is 8.84. The number of aliphatic hydroxyl groups excluding tert-OH is 1. The first kappa shape index (κ1) is 26.7. The van der Waals surface area contributed by atoms with Gasteiger partial charge in [-0.3, -0.25) is 4.90 Å². The SMILES string of the molecule is CC.NN/N=C(\N)c1c(-c2cccc3[nH]c(N)nc23)ccc(SC2CN(CCO)C2)c1S(N)(=O)=O. The quantitative estimate of drug-likeness (QED) is 0.0933. The number of sulfonamides is 1. The predicted molar refractivity (Wildman–Crippen MR) is 140 cm³/mol. The number of likely N-dealkylation sites (tertiary alicyclic amines) is 1. The lowest BCUT2D eigenvalue weighted by molar-refractivity contribution is 0.145. The fourth-order valence-corrected chi connectivity index (χ4v) is 6.54. The number of β-amino-alcohol motifs (C(OH)–C–C–N with tert-alkyl or cyclic N) is 1. The largest absolute Gasteiger partial charge is 0.395 e. The summed E-state index contributed by atoms with van der Waals surface area (Å²) in [6.07, 6.45) is 0. The molecule has 1 fully saturated rings. The number of hydrazone groups is 1. The van der Waals surface area contributed by atoms with E-state index >= 15 is 0 Å². The maximum Gasteiger partial charge on any atom is 0.239 e. The molecule has 0 amide bonds. The number of para-hydroxylation sites is 1. The van der Waals surface area contributed by atoms with E-state index in [4.69, 9.17) is 27.6 Å². The highest BCUT2D eigenvalue weighted by molar-refractivity contribution is 8.00. The van der Waals surface area contributed by atoms with Gasteiger partial charge in [0, 0.05) is 40.9 Å². The van der Waals surface area contributed by atoms with Crippen molar-refractivity contribution in [3.8, 4) is 11.1 Å². The summed E-state index contributed by atoms with van der Waals surface area (Å²) < 4.78 is 25.6. The summed E-state index contributed by atoms with van der Waals surface area (Å²) in [6.45, 7) is 6.07. The number of aromatic amines is 1. The monoisotopic (exact) mass is 521 g/mol. The molecule has 0 aliphatic carbocycles. The molecule has 2 heterocycles. The van der Waals surface area contributed by atoms with Crippen LogP contribution in [0.4, 0.5) is 5.95 Å². The first-order valence-corrected chi connectivity index (χ1v) is 13.4. The minimum atomic E-state index is -4.22. The summed E-state index contributed by atoms with van der Waals surface area (Å²) in [4.78, 5) is 9.68. The molecule has 190 valence electrons. The number of nitrogens with zero attached hydrogens (tertiary/aromatic N) is 3. The van der Waals surface area contributed by atoms with Crippen LogP contribution >= 0.6 is 11.8 Å². The van der Waals surface area contributed by atoms with Gasteiger partial charge in [-0.2, -0.15) is 0 Å². The van der Waals surface area contributed by atoms with Crippen molar-refractivity contribution in [2.24, 2.45) is 21.8 Å². The minimum absolute atomic E-state index is 0.0704. The number of rotatable bonds is 8. The second-order valence-electron chi connectivity index (χ2n) is 7.53. The number of hydrogen-bond acceptors (Lipinski definition) is 10. The van der Waals surface area contributed by atoms with Gasteiger partial charge in [0.05, 0.1) is 17.6 Å². The van der Waals surface area contributed by atoms with E-state index in [9.17, 15) is 8.42 Å². The number of aliphatic hydroxyl groups is 1. The summed E-state index contributed by atoms with van der Waals surface area (Å²) in [5, 5.41) is 18.7. The van der Waals surface area contributed by atoms with Gasteiger partial charge in [-0.1, -0.05) is 32.0 Å². The number of nitrogens with two attached hydrogens (primary N) is 4. The fourth-order valence-electron chi connectivity index (χ4n) is 3.91. The number of nitrogens with one attached hydrogen (secondary N) is 2. The molecular formula is C21H31N9O3S2. The van der Waals surface area contributed by atoms with Gasteiger partial charge in [0.15, 0.2) is 11.8 Å². The second-order valence-corrected chi connectivity index (χ2v) is 10.4. The van der Waals surface area contributed by atoms with Gasteiger partial charge >= 0.3 is 0 Å². The summed E-state index contributed by atoms with van der Waals surface area (Å²) in [5.74, 6) is 5.42. The van der Waals surface area contributed by atoms with Gasteiger partial charge in [0.1, 0.15) is 4.90 Å². The second kappa shape index (κ2) is 11.2. The van der Waals surface area contributed by atoms with Crippen LogP contribution in [0.5, 0.6) is 0 Å². The highest BCUT2D eigenvalue weighted by Crippen LogP contribution is 2.40. The van der Waals surface area contributed by atoms with Crippen LogP contribution < -0.4 is 28.0 Å². The van der Waals surface area contributed by atoms with Crippen LogP contribution in [0.25, 0.3) is 22.2 Å². The number of nitrogen functional groups attached to an aromatic ring is 1. The Morgan fingerprint density at radius 3 is 2.63 bits per heavy atom. The third-order valence-corrected chi connectivity index (χ3v) is 7.65. The van der Waals surface area contributed by atoms with Gasteiger partial charge in [0.2, 0.25) is 10.0 Å². The number of benzene rings is 2. The van der Waals surface area contributed by atoms with E-state index in [1.54, 1.807) is 30.3 Å². The Labute approximate surface area is 208 Å². The maximum absolute atomic E-state index is 12.8. The molecule has 1 aliphatic heterocycles. The molecule has 1 saturated heterocycles. The summed E-state index contributed by atoms with van der Waals surface area (Å²) >= 11 is 1.39. The molecule has 35 heavy (non-hydrogen) atoms. The molecule has 2 aromatic carbocycles. The van der Waals surface area contributed by atoms with E-state index < -0.39 is 10.0 Å². The molecule has 0 unspecified atom stereocenters. The van der Waals surface area contributed by atoms with E-state index in [0.717, 1.165) is 0 Å². The predicted octanol–water partition coefficient (Wildman–Crippen LogP) is 0.338. The lowest BCUT2D eigenvalue weighted by Gasteiger charge is -2.38. The molecule has 0 radical (unpaired) electrons. The molecule has 1 aromatic heterocycles. The topological polar surface area (TPSA) is 215 Å². The third kappa shape index (κ3) is 5.69. The first-order chi connectivity index (χ1) is 16.7. The molecule has 0 saturated carbocycles. The number of thioether (sulfide) groups is 1. The number of anilines is 1. The maximum atomic E-state index is 12.8. The zero-order valence-electron chi connectivity index (χ0n) is 19.5. The van der Waals surface area contributed by atoms with Gasteiger partial charge < -0.3 is 21.6 Å². The Balaban J connectivity index is 0.00000167. The molecule has 0 atom stereocenters. The lowest BCUT2D eigenvalue weighted by atomic mass is 9.97. The van der Waals surface area contributed by atoms with Crippen molar-refractivity contribution in [1.29, 1.82) is 0 Å². The fraction of sp³-hybridized carbons (Fsp3) is 0.333. The average Bonchev–Trinajstić information content (AvgIpc) is 3.18. The standard InChI is InChI=1S/C19H25N9O3S2.C2H6/c20-18(26-27-22)15-11(12-2-1-3-13-16(12)25-19(21)24-13)4-5-14(17(15)33(23,30)31)32-10-8-28(9-10)6-7-29;1-2/h1-5,10,27,29H,6-9,22H2,(H2,20,26)(H3,21,24,25)(H2,23,30,31);1-2H3. The third-order valence-electron chi connectivity index (χ3n) is 5.30. The molecule has 0 bridgehead atoms. The molecular weight excluding hydrogens is 490 g/mol. The van der Waals surface area contributed by atoms with Gasteiger partial charge in [-0.25, -0.2) is 29.9 Å². The zero-order chi connectivity index (χ0) is 25.8. The van der Waals surface area contributed by atoms with Crippen molar-refractivity contribution < 1.29 is 13.5 Å². The molecule has 11 N–H and O–H groups in total. The van der Waals surface area contributed by atoms with E-state index in [1.165, 1.54) is 11.8 Å². The van der Waals surface area contributed by atoms with Crippen LogP contribution in [-0.4, -0.2) is 65.7 Å². The van der Waals surface area contributed by atoms with Crippen LogP contribution in [-0.2, 0) is 10.0 Å². The van der Waals surface area contributed by atoms with Crippen molar-refractivity contribution in [1.82, 2.24) is 20.4 Å². The van der Waals surface area contributed by atoms with Gasteiger partial charge in [-0.05, 0) is 17.7 Å². The smallest absolute Gasteiger partial charge is 0.239 e. The number of primary sulfonamides is 1. The number of H-pyrrole nitrogens is 1. The van der Waals surface area contributed by atoms with Crippen LogP contribution in [0.1, 0.15) is 19.4 Å². The van der Waals surface area contributed by atoms with Crippen LogP contribution in [0.3, 0.4) is 0 Å². The lowest BCUT2D eigenvalue weighted by Crippen LogP contribution is -2.49. The van der Waals surface area contributed by atoms with E-state index in [1.807, 2.05) is 13.8 Å². The Bertz CT molecular complexity index is 1320. The van der Waals surface area contributed by atoms with Crippen molar-refractivity contribution >= 4 is 44.6 Å². The normalized spacial score (nSPS) is 14.9. The molecule has 3 aromatic rings. The Morgan fingerprint density at radius 1 is 1.29 bits per heavy atom. The summed E-state index contributed by atoms with van der Waals surface area (Å²) in [5.41, 5.74) is 16.6. The minimum Gasteiger partial charge on any atom is -0.395 e. The summed E-state index contributed by atoms with van der Waals surface area (Å²) in [7, 11) is -4.22. The number of aromatic nitrogens is 2. The average molecular weight is 522 g/mol. The number of hydrazine groups is 1.